The number of piperidine rings is 1. The molecule has 3 aliphatic carbocycles. The summed E-state index contributed by atoms with van der Waals surface area (Å²) >= 11 is 0. The van der Waals surface area contributed by atoms with Crippen molar-refractivity contribution in [1.82, 2.24) is 40.4 Å². The predicted octanol–water partition coefficient (Wildman–Crippen LogP) is 9.07. The minimum atomic E-state index is -3.29. The number of alkyl halides is 2. The Morgan fingerprint density at radius 3 is 2.11 bits per heavy atom. The molecule has 3 heterocycles. The molecule has 4 aliphatic rings. The van der Waals surface area contributed by atoms with E-state index in [0.29, 0.717) is 51.7 Å². The van der Waals surface area contributed by atoms with Gasteiger partial charge in [-0.2, -0.15) is 8.78 Å². The molecule has 4 unspecified atom stereocenters. The lowest BCUT2D eigenvalue weighted by Gasteiger charge is -2.37. The lowest BCUT2D eigenvalue weighted by atomic mass is 9.95. The maximum absolute atomic E-state index is 16.7. The van der Waals surface area contributed by atoms with Crippen molar-refractivity contribution in [2.24, 2.45) is 23.2 Å². The highest BCUT2D eigenvalue weighted by Crippen LogP contribution is 2.54. The second-order valence-electron chi connectivity index (χ2n) is 19.4. The molecule has 66 heavy (non-hydrogen) atoms. The first-order valence-electron chi connectivity index (χ1n) is 23.1. The van der Waals surface area contributed by atoms with E-state index in [9.17, 15) is 19.2 Å². The van der Waals surface area contributed by atoms with E-state index >= 15 is 8.78 Å². The van der Waals surface area contributed by atoms with Gasteiger partial charge in [-0.05, 0) is 108 Å². The van der Waals surface area contributed by atoms with Crippen molar-refractivity contribution in [3.05, 3.63) is 83.6 Å². The summed E-state index contributed by atoms with van der Waals surface area (Å²) in [5.74, 6) is -2.66. The molecule has 0 radical (unpaired) electrons. The largest absolute Gasteiger partial charge is 0.453 e. The summed E-state index contributed by atoms with van der Waals surface area (Å²) in [6, 6.07) is 14.1. The van der Waals surface area contributed by atoms with Gasteiger partial charge >= 0.3 is 12.2 Å². The first-order chi connectivity index (χ1) is 31.5. The number of carbonyl (C=O) groups is 4. The Balaban J connectivity index is 0.947. The van der Waals surface area contributed by atoms with Crippen molar-refractivity contribution in [3.8, 4) is 33.5 Å². The first-order valence-corrected chi connectivity index (χ1v) is 23.1. The minimum absolute atomic E-state index is 0.0128. The van der Waals surface area contributed by atoms with Gasteiger partial charge in [-0.1, -0.05) is 65.0 Å². The summed E-state index contributed by atoms with van der Waals surface area (Å²) in [5.41, 5.74) is 4.61. The van der Waals surface area contributed by atoms with Crippen molar-refractivity contribution in [3.63, 3.8) is 0 Å². The van der Waals surface area contributed by atoms with E-state index in [0.717, 1.165) is 49.6 Å². The van der Waals surface area contributed by atoms with Crippen LogP contribution in [0.5, 0.6) is 0 Å². The van der Waals surface area contributed by atoms with Gasteiger partial charge in [0.15, 0.2) is 0 Å². The van der Waals surface area contributed by atoms with Crippen LogP contribution >= 0.6 is 0 Å². The molecule has 9 rings (SSSR count). The number of aromatic amines is 2. The molecule has 0 spiro atoms. The van der Waals surface area contributed by atoms with Crippen molar-refractivity contribution in [1.29, 1.82) is 0 Å². The second-order valence-corrected chi connectivity index (χ2v) is 19.4. The van der Waals surface area contributed by atoms with E-state index in [2.05, 4.69) is 32.5 Å². The average Bonchev–Trinajstić information content (AvgIpc) is 3.82. The second kappa shape index (κ2) is 17.2. The fourth-order valence-corrected chi connectivity index (χ4v) is 10.5. The number of hydrogen-bond acceptors (Lipinski definition) is 8. The minimum Gasteiger partial charge on any atom is -0.453 e. The van der Waals surface area contributed by atoms with Crippen LogP contribution in [-0.4, -0.2) is 92.6 Å². The van der Waals surface area contributed by atoms with E-state index in [1.807, 2.05) is 56.9 Å². The molecular formula is C50H58F2N8O6. The molecule has 14 nitrogen and oxygen atoms in total. The fraction of sp³-hybridized carbons (Fsp3) is 0.480. The van der Waals surface area contributed by atoms with E-state index in [1.54, 1.807) is 35.4 Å². The van der Waals surface area contributed by atoms with Crippen molar-refractivity contribution in [2.45, 2.75) is 110 Å². The van der Waals surface area contributed by atoms with Crippen LogP contribution in [0.3, 0.4) is 0 Å². The summed E-state index contributed by atoms with van der Waals surface area (Å²) in [7, 11) is 2.54. The number of likely N-dealkylation sites (tertiary alicyclic amines) is 1. The molecule has 5 aromatic rings. The van der Waals surface area contributed by atoms with Gasteiger partial charge in [-0.15, -0.1) is 0 Å². The zero-order chi connectivity index (χ0) is 46.8. The predicted molar refractivity (Wildman–Crippen MR) is 244 cm³/mol. The van der Waals surface area contributed by atoms with Crippen molar-refractivity contribution < 1.29 is 37.4 Å². The SMILES string of the molecule is CCC1(CN(Cc2ncc(-c3ccc4c(c3)C(F)(F)c3cc(-c5ccc6nc(C7[C@H]8CCC(C8)N7C(=O)C(NC(=O)OC)C(C)C)[nH]c6c5)ccc3-4)[nH]2)C(=O)C(NC(=O)OC)C(C)C)CC1. The third-order valence-electron chi connectivity index (χ3n) is 14.6. The Bertz CT molecular complexity index is 2710. The van der Waals surface area contributed by atoms with E-state index in [-0.39, 0.29) is 64.7 Å². The standard InChI is InChI=1S/C50H58F2N8O6/c1-8-49(17-18-49)25-59(45(61)41(26(2)3)57-47(63)65-6)24-40-53-23-39(54-40)30-11-15-34-33-14-10-28(20-35(33)50(51,52)36(34)21-30)29-12-16-37-38(22-29)56-44(55-37)43-31-9-13-32(19-31)60(43)46(62)42(27(4)5)58-48(64)66-7/h10-12,14-16,20-23,26-27,31-32,41-43H,8-9,13,17-19,24-25H2,1-7H3,(H,53,54)(H,55,56)(H,57,63)(H,58,64)/t31-,32?,41?,42?,43?/m0/s1. The Morgan fingerprint density at radius 2 is 1.47 bits per heavy atom. The lowest BCUT2D eigenvalue weighted by molar-refractivity contribution is -0.139. The molecule has 348 valence electrons. The van der Waals surface area contributed by atoms with Crippen molar-refractivity contribution in [2.75, 3.05) is 20.8 Å². The van der Waals surface area contributed by atoms with Gasteiger partial charge in [0.1, 0.15) is 23.7 Å². The Morgan fingerprint density at radius 1 is 0.848 bits per heavy atom. The molecule has 4 amide bonds. The Kier molecular flexibility index (Phi) is 11.7. The molecule has 1 saturated heterocycles. The summed E-state index contributed by atoms with van der Waals surface area (Å²) < 4.78 is 42.9. The number of fused-ring (bicyclic) bond motifs is 6. The van der Waals surface area contributed by atoms with Gasteiger partial charge in [-0.25, -0.2) is 19.6 Å². The highest BCUT2D eigenvalue weighted by atomic mass is 19.3. The zero-order valence-corrected chi connectivity index (χ0v) is 38.5. The molecule has 5 atom stereocenters. The first kappa shape index (κ1) is 44.9. The van der Waals surface area contributed by atoms with Crippen LogP contribution in [-0.2, 0) is 31.5 Å². The molecule has 1 aliphatic heterocycles. The molecule has 3 fully saturated rings. The number of nitrogens with zero attached hydrogens (tertiary/aromatic N) is 4. The lowest BCUT2D eigenvalue weighted by Crippen LogP contribution is -2.54. The highest BCUT2D eigenvalue weighted by Gasteiger charge is 2.52. The quantitative estimate of drug-likeness (QED) is 0.0854. The molecular weight excluding hydrogens is 847 g/mol. The van der Waals surface area contributed by atoms with Crippen LogP contribution in [0.25, 0.3) is 44.5 Å². The van der Waals surface area contributed by atoms with Gasteiger partial charge < -0.3 is 39.9 Å². The third kappa shape index (κ3) is 8.05. The normalized spacial score (nSPS) is 20.5. The van der Waals surface area contributed by atoms with Crippen LogP contribution in [0.4, 0.5) is 18.4 Å². The number of H-pyrrole nitrogens is 2. The summed E-state index contributed by atoms with van der Waals surface area (Å²) in [6.07, 6.45) is 5.90. The topological polar surface area (TPSA) is 175 Å². The number of halogens is 2. The van der Waals surface area contributed by atoms with Crippen molar-refractivity contribution >= 4 is 35.0 Å². The monoisotopic (exact) mass is 904 g/mol. The van der Waals surface area contributed by atoms with E-state index < -0.39 is 30.2 Å². The summed E-state index contributed by atoms with van der Waals surface area (Å²) in [4.78, 5) is 72.4. The number of carbonyl (C=O) groups excluding carboxylic acids is 4. The molecule has 3 aromatic carbocycles. The Labute approximate surface area is 382 Å². The van der Waals surface area contributed by atoms with Gasteiger partial charge in [0, 0.05) is 29.3 Å². The number of imidazole rings is 2. The maximum atomic E-state index is 16.7. The number of aromatic nitrogens is 4. The number of alkyl carbamates (subject to hydrolysis) is 2. The number of methoxy groups -OCH3 is 2. The van der Waals surface area contributed by atoms with Gasteiger partial charge in [0.25, 0.3) is 5.92 Å². The highest BCUT2D eigenvalue weighted by molar-refractivity contribution is 5.89. The van der Waals surface area contributed by atoms with Crippen LogP contribution in [0, 0.1) is 23.2 Å². The number of rotatable bonds is 14. The molecule has 2 saturated carbocycles. The summed E-state index contributed by atoms with van der Waals surface area (Å²) in [6.45, 7) is 10.3. The summed E-state index contributed by atoms with van der Waals surface area (Å²) in [5, 5.41) is 5.43. The number of amides is 4. The number of hydrogen-bond donors (Lipinski definition) is 4. The van der Waals surface area contributed by atoms with Crippen LogP contribution < -0.4 is 10.6 Å². The van der Waals surface area contributed by atoms with E-state index in [1.165, 1.54) is 20.3 Å². The number of ether oxygens (including phenoxy) is 2. The van der Waals surface area contributed by atoms with Crippen LogP contribution in [0.1, 0.15) is 102 Å². The van der Waals surface area contributed by atoms with Gasteiger partial charge in [0.05, 0.1) is 49.7 Å². The number of nitrogens with one attached hydrogen (secondary N) is 4. The maximum Gasteiger partial charge on any atom is 0.407 e. The molecule has 2 bridgehead atoms. The molecule has 4 N–H and O–H groups in total. The van der Waals surface area contributed by atoms with Gasteiger partial charge in [-0.3, -0.25) is 9.59 Å². The Hall–Kier alpha value is -6.32. The smallest absolute Gasteiger partial charge is 0.407 e. The molecule has 2 aromatic heterocycles. The van der Waals surface area contributed by atoms with Crippen LogP contribution in [0.15, 0.2) is 60.8 Å². The average molecular weight is 905 g/mol. The molecule has 16 heteroatoms. The van der Waals surface area contributed by atoms with E-state index in [4.69, 9.17) is 14.5 Å². The third-order valence-corrected chi connectivity index (χ3v) is 14.6. The zero-order valence-electron chi connectivity index (χ0n) is 38.5. The van der Waals surface area contributed by atoms with Crippen LogP contribution in [0.2, 0.25) is 0 Å². The number of benzene rings is 3. The fourth-order valence-electron chi connectivity index (χ4n) is 10.5. The van der Waals surface area contributed by atoms with Gasteiger partial charge in [0.2, 0.25) is 11.8 Å².